The van der Waals surface area contributed by atoms with Crippen LogP contribution in [0.3, 0.4) is 0 Å². The molecule has 0 fully saturated rings. The molecule has 0 heterocycles. The molecule has 0 aliphatic heterocycles. The van der Waals surface area contributed by atoms with Crippen molar-refractivity contribution in [3.8, 4) is 0 Å². The molecule has 0 aliphatic rings. The van der Waals surface area contributed by atoms with Gasteiger partial charge >= 0.3 is 42.1 Å². The van der Waals surface area contributed by atoms with Gasteiger partial charge in [0, 0.05) is 34.5 Å². The number of hydrogen-bond donors (Lipinski definition) is 6. The molecule has 3 rings (SSSR count). The van der Waals surface area contributed by atoms with Gasteiger partial charge in [-0.15, -0.1) is 0 Å². The molecule has 0 saturated carbocycles. The Morgan fingerprint density at radius 1 is 0.509 bits per heavy atom. The van der Waals surface area contributed by atoms with Crippen LogP contribution in [-0.4, -0.2) is 91.3 Å². The molecular weight excluding hydrogens is 825 g/mol. The standard InChI is InChI=1S/2C13H14F3NO3S.C11H15NO2S/c2*1-12(11(19)20,17-10(18)13(14,15)16)8-21-7-9-5-3-2-4-6-9;1-11(12,10(13)14)8-15-7-9-5-3-2-4-6-9/h2*2-6H,7-8H2,1H3,(H,17,18)(H,19,20);2-6H,7-8,12H2,1H3,(H,13,14)/t12-;;11-/m1.0/s1. The minimum Gasteiger partial charge on any atom is -0.480 e. The van der Waals surface area contributed by atoms with Gasteiger partial charge < -0.3 is 31.7 Å². The normalized spacial score (nSPS) is 14.4. The molecule has 7 N–H and O–H groups in total. The Hall–Kier alpha value is -4.40. The number of hydrogen-bond acceptors (Lipinski definition) is 9. The first kappa shape index (κ1) is 50.6. The first-order valence-corrected chi connectivity index (χ1v) is 19.9. The predicted molar refractivity (Wildman–Crippen MR) is 209 cm³/mol. The number of nitrogens with two attached hydrogens (primary N) is 1. The van der Waals surface area contributed by atoms with Crippen LogP contribution in [0.15, 0.2) is 91.0 Å². The summed E-state index contributed by atoms with van der Waals surface area (Å²) in [5.74, 6) is -6.78. The fourth-order valence-corrected chi connectivity index (χ4v) is 7.20. The summed E-state index contributed by atoms with van der Waals surface area (Å²) in [6.45, 7) is 3.64. The zero-order valence-electron chi connectivity index (χ0n) is 30.9. The van der Waals surface area contributed by atoms with E-state index in [0.29, 0.717) is 17.3 Å². The molecule has 20 heteroatoms. The van der Waals surface area contributed by atoms with Gasteiger partial charge in [0.2, 0.25) is 0 Å². The van der Waals surface area contributed by atoms with Gasteiger partial charge in [-0.25, -0.2) is 9.59 Å². The number of amides is 2. The van der Waals surface area contributed by atoms with E-state index in [0.717, 1.165) is 54.3 Å². The van der Waals surface area contributed by atoms with Crippen LogP contribution in [0.2, 0.25) is 0 Å². The Labute approximate surface area is 337 Å². The van der Waals surface area contributed by atoms with Crippen LogP contribution in [0.4, 0.5) is 26.3 Å². The van der Waals surface area contributed by atoms with E-state index in [4.69, 9.17) is 21.1 Å². The Kier molecular flexibility index (Phi) is 20.5. The number of carboxylic acid groups (broad SMARTS) is 3. The molecule has 3 atom stereocenters. The van der Waals surface area contributed by atoms with Crippen molar-refractivity contribution in [3.05, 3.63) is 108 Å². The van der Waals surface area contributed by atoms with E-state index in [9.17, 15) is 50.3 Å². The van der Waals surface area contributed by atoms with Crippen LogP contribution in [0.1, 0.15) is 37.5 Å². The fraction of sp³-hybridized carbons (Fsp3) is 0.378. The molecule has 11 nitrogen and oxygen atoms in total. The molecule has 57 heavy (non-hydrogen) atoms. The molecular formula is C37H43F6N3O8S3. The number of thioether (sulfide) groups is 3. The lowest BCUT2D eigenvalue weighted by Crippen LogP contribution is -2.57. The summed E-state index contributed by atoms with van der Waals surface area (Å²) in [6.07, 6.45) is -10.2. The zero-order chi connectivity index (χ0) is 43.5. The lowest BCUT2D eigenvalue weighted by molar-refractivity contribution is -0.177. The number of rotatable bonds is 17. The highest BCUT2D eigenvalue weighted by Gasteiger charge is 2.46. The van der Waals surface area contributed by atoms with Crippen LogP contribution in [0, 0.1) is 0 Å². The first-order valence-electron chi connectivity index (χ1n) is 16.4. The number of halogens is 6. The topological polar surface area (TPSA) is 196 Å². The summed E-state index contributed by atoms with van der Waals surface area (Å²) in [5, 5.41) is 30.0. The number of carbonyl (C=O) groups excluding carboxylic acids is 2. The van der Waals surface area contributed by atoms with E-state index in [1.165, 1.54) is 34.9 Å². The second-order valence-corrected chi connectivity index (χ2v) is 15.8. The Bertz CT molecular complexity index is 1650. The van der Waals surface area contributed by atoms with E-state index < -0.39 is 58.7 Å². The van der Waals surface area contributed by atoms with E-state index in [-0.39, 0.29) is 11.5 Å². The summed E-state index contributed by atoms with van der Waals surface area (Å²) in [4.78, 5) is 54.8. The third kappa shape index (κ3) is 19.5. The molecule has 314 valence electrons. The average molecular weight is 868 g/mol. The van der Waals surface area contributed by atoms with Crippen molar-refractivity contribution in [3.63, 3.8) is 0 Å². The third-order valence-electron chi connectivity index (χ3n) is 7.24. The molecule has 1 unspecified atom stereocenters. The SMILES string of the molecule is CC(CSCc1ccccc1)(NC(=O)C(F)(F)F)C(=O)O.C[C@](CSCc1ccccc1)(NC(=O)C(F)(F)F)C(=O)O.C[C@](N)(CSCc1ccccc1)C(=O)O. The summed E-state index contributed by atoms with van der Waals surface area (Å²) in [7, 11) is 0. The number of nitrogens with one attached hydrogen (secondary N) is 2. The minimum absolute atomic E-state index is 0.182. The number of aliphatic carboxylic acids is 3. The summed E-state index contributed by atoms with van der Waals surface area (Å²) < 4.78 is 73.3. The zero-order valence-corrected chi connectivity index (χ0v) is 33.3. The molecule has 0 saturated heterocycles. The lowest BCUT2D eigenvalue weighted by atomic mass is 10.1. The smallest absolute Gasteiger partial charge is 0.471 e. The lowest BCUT2D eigenvalue weighted by Gasteiger charge is -2.26. The van der Waals surface area contributed by atoms with Crippen molar-refractivity contribution < 1.29 is 65.6 Å². The quantitative estimate of drug-likeness (QED) is 0.0797. The van der Waals surface area contributed by atoms with Crippen molar-refractivity contribution in [2.45, 2.75) is 67.0 Å². The molecule has 0 bridgehead atoms. The summed E-state index contributed by atoms with van der Waals surface area (Å²) in [6, 6.07) is 28.0. The Morgan fingerprint density at radius 2 is 0.772 bits per heavy atom. The third-order valence-corrected chi connectivity index (χ3v) is 11.2. The molecule has 0 aliphatic carbocycles. The second-order valence-electron chi connectivity index (χ2n) is 12.8. The molecule has 3 aromatic rings. The second kappa shape index (κ2) is 23.1. The number of carboxylic acids is 3. The van der Waals surface area contributed by atoms with Gasteiger partial charge in [0.25, 0.3) is 0 Å². The van der Waals surface area contributed by atoms with Crippen molar-refractivity contribution in [2.75, 3.05) is 17.3 Å². The van der Waals surface area contributed by atoms with Gasteiger partial charge in [-0.2, -0.15) is 61.6 Å². The van der Waals surface area contributed by atoms with Gasteiger partial charge in [-0.1, -0.05) is 91.0 Å². The van der Waals surface area contributed by atoms with Crippen molar-refractivity contribution in [1.29, 1.82) is 0 Å². The highest BCUT2D eigenvalue weighted by atomic mass is 32.2. The number of carbonyl (C=O) groups is 5. The van der Waals surface area contributed by atoms with Crippen LogP contribution < -0.4 is 16.4 Å². The van der Waals surface area contributed by atoms with Gasteiger partial charge in [-0.05, 0) is 37.5 Å². The first-order chi connectivity index (χ1) is 26.3. The molecule has 0 spiro atoms. The van der Waals surface area contributed by atoms with E-state index in [1.54, 1.807) is 24.3 Å². The monoisotopic (exact) mass is 867 g/mol. The van der Waals surface area contributed by atoms with Crippen LogP contribution >= 0.6 is 35.3 Å². The van der Waals surface area contributed by atoms with Gasteiger partial charge in [0.1, 0.15) is 16.6 Å². The minimum atomic E-state index is -5.11. The average Bonchev–Trinajstić information content (AvgIpc) is 3.12. The van der Waals surface area contributed by atoms with Crippen LogP contribution in [0.25, 0.3) is 0 Å². The maximum absolute atomic E-state index is 12.2. The highest BCUT2D eigenvalue weighted by Crippen LogP contribution is 2.23. The predicted octanol–water partition coefficient (Wildman–Crippen LogP) is 6.61. The van der Waals surface area contributed by atoms with Gasteiger partial charge in [0.15, 0.2) is 0 Å². The number of benzene rings is 3. The largest absolute Gasteiger partial charge is 0.480 e. The number of alkyl halides is 6. The van der Waals surface area contributed by atoms with Crippen LogP contribution in [0.5, 0.6) is 0 Å². The van der Waals surface area contributed by atoms with E-state index in [1.807, 2.05) is 66.7 Å². The van der Waals surface area contributed by atoms with Crippen molar-refractivity contribution in [2.24, 2.45) is 5.73 Å². The van der Waals surface area contributed by atoms with Crippen molar-refractivity contribution in [1.82, 2.24) is 10.6 Å². The Balaban J connectivity index is 0.000000434. The van der Waals surface area contributed by atoms with Gasteiger partial charge in [-0.3, -0.25) is 14.4 Å². The summed E-state index contributed by atoms with van der Waals surface area (Å²) in [5.41, 5.74) is 3.52. The Morgan fingerprint density at radius 3 is 1.00 bits per heavy atom. The summed E-state index contributed by atoms with van der Waals surface area (Å²) >= 11 is 3.80. The van der Waals surface area contributed by atoms with Crippen molar-refractivity contribution >= 4 is 65.0 Å². The van der Waals surface area contributed by atoms with Gasteiger partial charge in [0.05, 0.1) is 0 Å². The van der Waals surface area contributed by atoms with E-state index in [2.05, 4.69) is 0 Å². The molecule has 0 aromatic heterocycles. The molecule has 3 aromatic carbocycles. The highest BCUT2D eigenvalue weighted by molar-refractivity contribution is 7.99. The maximum Gasteiger partial charge on any atom is 0.471 e. The maximum atomic E-state index is 12.2. The molecule has 2 amide bonds. The van der Waals surface area contributed by atoms with Crippen LogP contribution in [-0.2, 0) is 41.2 Å². The molecule has 0 radical (unpaired) electrons. The van der Waals surface area contributed by atoms with E-state index >= 15 is 0 Å². The fourth-order valence-electron chi connectivity index (χ4n) is 3.86.